The predicted molar refractivity (Wildman–Crippen MR) is 79.2 cm³/mol. The zero-order valence-electron chi connectivity index (χ0n) is 10.5. The molecule has 2 aromatic heterocycles. The number of ether oxygens (including phenoxy) is 1. The van der Waals surface area contributed by atoms with Gasteiger partial charge < -0.3 is 4.74 Å². The number of benzene rings is 1. The molecule has 0 saturated heterocycles. The summed E-state index contributed by atoms with van der Waals surface area (Å²) in [5, 5.41) is 1.06. The number of aromatic nitrogens is 2. The molecule has 20 heavy (non-hydrogen) atoms. The maximum atomic E-state index is 11.8. The molecular formula is C14H9ClN2O2S. The second-order valence-corrected chi connectivity index (χ2v) is 5.45. The first kappa shape index (κ1) is 13.0. The van der Waals surface area contributed by atoms with Gasteiger partial charge in [-0.05, 0) is 35.9 Å². The van der Waals surface area contributed by atoms with Crippen LogP contribution >= 0.6 is 22.9 Å². The van der Waals surface area contributed by atoms with Crippen molar-refractivity contribution in [2.75, 3.05) is 7.11 Å². The van der Waals surface area contributed by atoms with Gasteiger partial charge in [0.05, 0.1) is 23.2 Å². The second kappa shape index (κ2) is 5.19. The maximum absolute atomic E-state index is 11.8. The molecule has 6 heteroatoms. The summed E-state index contributed by atoms with van der Waals surface area (Å²) in [6, 6.07) is 9.25. The molecule has 0 radical (unpaired) electrons. The Bertz CT molecular complexity index is 801. The molecule has 0 aliphatic rings. The van der Waals surface area contributed by atoms with Crippen molar-refractivity contribution in [3.8, 4) is 10.6 Å². The van der Waals surface area contributed by atoms with E-state index in [0.29, 0.717) is 5.56 Å². The predicted octanol–water partition coefficient (Wildman–Crippen LogP) is 3.80. The van der Waals surface area contributed by atoms with E-state index in [1.54, 1.807) is 29.7 Å². The lowest BCUT2D eigenvalue weighted by Crippen LogP contribution is -2.00. The number of esters is 1. The lowest BCUT2D eigenvalue weighted by atomic mass is 10.1. The molecule has 4 nitrogen and oxygen atoms in total. The van der Waals surface area contributed by atoms with Gasteiger partial charge in [-0.2, -0.15) is 0 Å². The molecule has 0 fully saturated rings. The fourth-order valence-electron chi connectivity index (χ4n) is 1.95. The Morgan fingerprint density at radius 1 is 1.35 bits per heavy atom. The minimum Gasteiger partial charge on any atom is -0.465 e. The first-order valence-corrected chi connectivity index (χ1v) is 6.98. The first-order valence-electron chi connectivity index (χ1n) is 5.79. The summed E-state index contributed by atoms with van der Waals surface area (Å²) >= 11 is 7.35. The number of carbonyl (C=O) groups is 1. The number of nitrogens with zero attached hydrogens (tertiary/aromatic N) is 2. The minimum absolute atomic E-state index is 0.202. The topological polar surface area (TPSA) is 52.1 Å². The molecule has 0 atom stereocenters. The largest absolute Gasteiger partial charge is 0.465 e. The van der Waals surface area contributed by atoms with Crippen LogP contribution < -0.4 is 0 Å². The van der Waals surface area contributed by atoms with Gasteiger partial charge in [-0.25, -0.2) is 14.8 Å². The lowest BCUT2D eigenvalue weighted by Gasteiger charge is -1.99. The number of rotatable bonds is 2. The van der Waals surface area contributed by atoms with Crippen LogP contribution in [0, 0.1) is 0 Å². The Labute approximate surface area is 124 Å². The van der Waals surface area contributed by atoms with Crippen molar-refractivity contribution in [1.29, 1.82) is 0 Å². The molecule has 0 aliphatic heterocycles. The number of methoxy groups -OCH3 is 1. The standard InChI is InChI=1S/C14H9ClN2O2S/c1-19-13(18)8-3-2-4-11-9(8)7-12(20-11)10-5-6-16-14(15)17-10/h2-7H,1H3. The van der Waals surface area contributed by atoms with E-state index < -0.39 is 0 Å². The molecule has 0 saturated carbocycles. The Morgan fingerprint density at radius 2 is 2.20 bits per heavy atom. The van der Waals surface area contributed by atoms with Gasteiger partial charge in [0.15, 0.2) is 0 Å². The Kier molecular flexibility index (Phi) is 3.38. The van der Waals surface area contributed by atoms with Gasteiger partial charge in [0.25, 0.3) is 0 Å². The van der Waals surface area contributed by atoms with Crippen LogP contribution in [0.4, 0.5) is 0 Å². The van der Waals surface area contributed by atoms with E-state index in [-0.39, 0.29) is 11.3 Å². The second-order valence-electron chi connectivity index (χ2n) is 4.03. The van der Waals surface area contributed by atoms with E-state index in [4.69, 9.17) is 16.3 Å². The van der Waals surface area contributed by atoms with Crippen molar-refractivity contribution in [3.05, 3.63) is 47.4 Å². The van der Waals surface area contributed by atoms with E-state index >= 15 is 0 Å². The van der Waals surface area contributed by atoms with Crippen LogP contribution in [0.15, 0.2) is 36.5 Å². The average Bonchev–Trinajstić information content (AvgIpc) is 2.90. The van der Waals surface area contributed by atoms with E-state index in [0.717, 1.165) is 20.7 Å². The molecule has 0 amide bonds. The van der Waals surface area contributed by atoms with E-state index in [1.807, 2.05) is 18.2 Å². The van der Waals surface area contributed by atoms with Gasteiger partial charge >= 0.3 is 5.97 Å². The van der Waals surface area contributed by atoms with Crippen LogP contribution in [-0.2, 0) is 4.74 Å². The van der Waals surface area contributed by atoms with Gasteiger partial charge in [-0.3, -0.25) is 0 Å². The fourth-order valence-corrected chi connectivity index (χ4v) is 3.15. The van der Waals surface area contributed by atoms with Crippen molar-refractivity contribution in [3.63, 3.8) is 0 Å². The zero-order chi connectivity index (χ0) is 14.1. The molecule has 3 rings (SSSR count). The van der Waals surface area contributed by atoms with Crippen LogP contribution in [0.3, 0.4) is 0 Å². The van der Waals surface area contributed by atoms with Crippen molar-refractivity contribution in [1.82, 2.24) is 9.97 Å². The van der Waals surface area contributed by atoms with Crippen molar-refractivity contribution in [2.24, 2.45) is 0 Å². The summed E-state index contributed by atoms with van der Waals surface area (Å²) < 4.78 is 5.80. The number of fused-ring (bicyclic) bond motifs is 1. The summed E-state index contributed by atoms with van der Waals surface area (Å²) in [7, 11) is 1.37. The highest BCUT2D eigenvalue weighted by molar-refractivity contribution is 7.22. The molecule has 0 N–H and O–H groups in total. The molecule has 0 spiro atoms. The SMILES string of the molecule is COC(=O)c1cccc2sc(-c3ccnc(Cl)n3)cc12. The highest BCUT2D eigenvalue weighted by atomic mass is 35.5. The summed E-state index contributed by atoms with van der Waals surface area (Å²) in [4.78, 5) is 20.7. The van der Waals surface area contributed by atoms with Crippen LogP contribution in [0.1, 0.15) is 10.4 Å². The molecule has 0 bridgehead atoms. The van der Waals surface area contributed by atoms with Crippen molar-refractivity contribution >= 4 is 39.0 Å². The smallest absolute Gasteiger partial charge is 0.338 e. The summed E-state index contributed by atoms with van der Waals surface area (Å²) in [6.45, 7) is 0. The van der Waals surface area contributed by atoms with Gasteiger partial charge in [0.2, 0.25) is 5.28 Å². The van der Waals surface area contributed by atoms with Crippen LogP contribution in [0.25, 0.3) is 20.7 Å². The van der Waals surface area contributed by atoms with E-state index in [1.165, 1.54) is 7.11 Å². The third-order valence-corrected chi connectivity index (χ3v) is 4.15. The highest BCUT2D eigenvalue weighted by Crippen LogP contribution is 2.34. The minimum atomic E-state index is -0.347. The number of halogens is 1. The molecular weight excluding hydrogens is 296 g/mol. The Morgan fingerprint density at radius 3 is 2.95 bits per heavy atom. The monoisotopic (exact) mass is 304 g/mol. The quantitative estimate of drug-likeness (QED) is 0.534. The average molecular weight is 305 g/mol. The third-order valence-electron chi connectivity index (χ3n) is 2.85. The van der Waals surface area contributed by atoms with Crippen molar-refractivity contribution < 1.29 is 9.53 Å². The number of carbonyl (C=O) groups excluding carboxylic acids is 1. The fraction of sp³-hybridized carbons (Fsp3) is 0.0714. The molecule has 1 aromatic carbocycles. The van der Waals surface area contributed by atoms with E-state index in [2.05, 4.69) is 9.97 Å². The summed E-state index contributed by atoms with van der Waals surface area (Å²) in [6.07, 6.45) is 1.61. The first-order chi connectivity index (χ1) is 9.69. The maximum Gasteiger partial charge on any atom is 0.338 e. The van der Waals surface area contributed by atoms with Gasteiger partial charge in [-0.1, -0.05) is 6.07 Å². The van der Waals surface area contributed by atoms with Gasteiger partial charge in [0, 0.05) is 16.3 Å². The molecule has 0 unspecified atom stereocenters. The normalized spacial score (nSPS) is 10.7. The van der Waals surface area contributed by atoms with Gasteiger partial charge in [0.1, 0.15) is 0 Å². The number of hydrogen-bond acceptors (Lipinski definition) is 5. The highest BCUT2D eigenvalue weighted by Gasteiger charge is 2.14. The molecule has 100 valence electrons. The van der Waals surface area contributed by atoms with E-state index in [9.17, 15) is 4.79 Å². The Balaban J connectivity index is 2.18. The zero-order valence-corrected chi connectivity index (χ0v) is 12.0. The summed E-state index contributed by atoms with van der Waals surface area (Å²) in [5.74, 6) is -0.347. The Hall–Kier alpha value is -1.98. The summed E-state index contributed by atoms with van der Waals surface area (Å²) in [5.41, 5.74) is 1.29. The van der Waals surface area contributed by atoms with Crippen LogP contribution in [0.2, 0.25) is 5.28 Å². The molecule has 3 aromatic rings. The van der Waals surface area contributed by atoms with Crippen molar-refractivity contribution in [2.45, 2.75) is 0 Å². The van der Waals surface area contributed by atoms with Gasteiger partial charge in [-0.15, -0.1) is 11.3 Å². The number of thiophene rings is 1. The third kappa shape index (κ3) is 2.26. The lowest BCUT2D eigenvalue weighted by molar-refractivity contribution is 0.0603. The van der Waals surface area contributed by atoms with Crippen LogP contribution in [-0.4, -0.2) is 23.0 Å². The van der Waals surface area contributed by atoms with Crippen LogP contribution in [0.5, 0.6) is 0 Å². The number of hydrogen-bond donors (Lipinski definition) is 0. The molecule has 2 heterocycles. The molecule has 0 aliphatic carbocycles.